The minimum atomic E-state index is -0.842. The molecule has 0 fully saturated rings. The summed E-state index contributed by atoms with van der Waals surface area (Å²) in [5.41, 5.74) is 0.604. The molecule has 0 amide bonds. The Hall–Kier alpha value is -1.35. The lowest BCUT2D eigenvalue weighted by atomic mass is 10.0. The van der Waals surface area contributed by atoms with Crippen molar-refractivity contribution in [2.45, 2.75) is 45.3 Å². The smallest absolute Gasteiger partial charge is 0.306 e. The van der Waals surface area contributed by atoms with Crippen LogP contribution in [0.4, 0.5) is 0 Å². The molecule has 1 atom stereocenters. The lowest BCUT2D eigenvalue weighted by molar-refractivity contribution is -0.144. The number of aliphatic carboxylic acids is 1. The number of rotatable bonds is 6. The van der Waals surface area contributed by atoms with Crippen LogP contribution in [-0.4, -0.2) is 16.7 Å². The van der Waals surface area contributed by atoms with Crippen molar-refractivity contribution in [2.24, 2.45) is 0 Å². The van der Waals surface area contributed by atoms with Crippen LogP contribution in [0.3, 0.4) is 0 Å². The Bertz CT molecular complexity index is 357. The quantitative estimate of drug-likeness (QED) is 0.823. The minimum absolute atomic E-state index is 0.00650. The van der Waals surface area contributed by atoms with Crippen LogP contribution in [0.5, 0.6) is 0 Å². The van der Waals surface area contributed by atoms with Crippen molar-refractivity contribution in [3.05, 3.63) is 35.9 Å². The van der Waals surface area contributed by atoms with Gasteiger partial charge in [0, 0.05) is 0 Å². The average Bonchev–Trinajstić information content (AvgIpc) is 2.28. The molecule has 0 radical (unpaired) electrons. The van der Waals surface area contributed by atoms with E-state index in [1.165, 1.54) is 0 Å². The van der Waals surface area contributed by atoms with E-state index in [0.29, 0.717) is 0 Å². The summed E-state index contributed by atoms with van der Waals surface area (Å²) in [5.74, 6) is -0.842. The molecule has 3 nitrogen and oxygen atoms in total. The minimum Gasteiger partial charge on any atom is -0.481 e. The summed E-state index contributed by atoms with van der Waals surface area (Å²) in [6, 6.07) is 9.50. The van der Waals surface area contributed by atoms with Gasteiger partial charge in [-0.05, 0) is 25.8 Å². The topological polar surface area (TPSA) is 46.5 Å². The van der Waals surface area contributed by atoms with E-state index in [2.05, 4.69) is 0 Å². The van der Waals surface area contributed by atoms with Crippen molar-refractivity contribution >= 4 is 5.97 Å². The van der Waals surface area contributed by atoms with Crippen LogP contribution in [0, 0.1) is 0 Å². The monoisotopic (exact) mass is 236 g/mol. The molecule has 3 heteroatoms. The van der Waals surface area contributed by atoms with E-state index in [9.17, 15) is 4.79 Å². The third kappa shape index (κ3) is 4.57. The first kappa shape index (κ1) is 13.7. The van der Waals surface area contributed by atoms with Crippen molar-refractivity contribution < 1.29 is 14.6 Å². The number of benzene rings is 1. The zero-order valence-electron chi connectivity index (χ0n) is 10.6. The normalized spacial score (nSPS) is 13.4. The molecule has 1 unspecified atom stereocenters. The number of ether oxygens (including phenoxy) is 1. The Labute approximate surface area is 102 Å². The third-order valence-corrected chi connectivity index (χ3v) is 2.84. The standard InChI is InChI=1S/C14H20O3/c1-4-14(2,3)17-12(10-13(15)16)11-8-6-5-7-9-11/h5-9,12H,4,10H2,1-3H3,(H,15,16). The SMILES string of the molecule is CCC(C)(C)OC(CC(=O)O)c1ccccc1. The molecule has 0 saturated heterocycles. The molecule has 0 spiro atoms. The Balaban J connectivity index is 2.85. The van der Waals surface area contributed by atoms with Gasteiger partial charge in [-0.25, -0.2) is 0 Å². The van der Waals surface area contributed by atoms with Gasteiger partial charge >= 0.3 is 5.97 Å². The number of carbonyl (C=O) groups is 1. The molecule has 0 saturated carbocycles. The van der Waals surface area contributed by atoms with E-state index in [1.807, 2.05) is 51.1 Å². The maximum atomic E-state index is 10.9. The second kappa shape index (κ2) is 5.82. The molecular formula is C14H20O3. The summed E-state index contributed by atoms with van der Waals surface area (Å²) in [6.45, 7) is 5.98. The van der Waals surface area contributed by atoms with Crippen LogP contribution in [0.25, 0.3) is 0 Å². The predicted octanol–water partition coefficient (Wildman–Crippen LogP) is 3.41. The van der Waals surface area contributed by atoms with Gasteiger partial charge in [0.05, 0.1) is 18.1 Å². The first-order valence-corrected chi connectivity index (χ1v) is 5.89. The van der Waals surface area contributed by atoms with Crippen molar-refractivity contribution in [3.8, 4) is 0 Å². The highest BCUT2D eigenvalue weighted by molar-refractivity contribution is 5.67. The van der Waals surface area contributed by atoms with Crippen LogP contribution in [-0.2, 0) is 9.53 Å². The molecule has 0 bridgehead atoms. The van der Waals surface area contributed by atoms with Crippen LogP contribution < -0.4 is 0 Å². The molecule has 0 aromatic heterocycles. The second-order valence-corrected chi connectivity index (χ2v) is 4.73. The maximum absolute atomic E-state index is 10.9. The number of carboxylic acids is 1. The highest BCUT2D eigenvalue weighted by Crippen LogP contribution is 2.28. The summed E-state index contributed by atoms with van der Waals surface area (Å²) in [5, 5.41) is 8.93. The number of hydrogen-bond donors (Lipinski definition) is 1. The summed E-state index contributed by atoms with van der Waals surface area (Å²) in [7, 11) is 0. The molecule has 1 aromatic rings. The van der Waals surface area contributed by atoms with Crippen molar-refractivity contribution in [1.82, 2.24) is 0 Å². The predicted molar refractivity (Wildman–Crippen MR) is 66.9 cm³/mol. The van der Waals surface area contributed by atoms with E-state index in [1.54, 1.807) is 0 Å². The molecule has 0 aliphatic carbocycles. The molecule has 0 aliphatic heterocycles. The largest absolute Gasteiger partial charge is 0.481 e. The summed E-state index contributed by atoms with van der Waals surface area (Å²) >= 11 is 0. The van der Waals surface area contributed by atoms with Crippen molar-refractivity contribution in [1.29, 1.82) is 0 Å². The van der Waals surface area contributed by atoms with Gasteiger partial charge in [-0.3, -0.25) is 4.79 Å². The second-order valence-electron chi connectivity index (χ2n) is 4.73. The summed E-state index contributed by atoms with van der Waals surface area (Å²) in [4.78, 5) is 10.9. The molecule has 1 aromatic carbocycles. The Morgan fingerprint density at radius 3 is 2.41 bits per heavy atom. The van der Waals surface area contributed by atoms with E-state index >= 15 is 0 Å². The zero-order chi connectivity index (χ0) is 12.9. The van der Waals surface area contributed by atoms with Crippen LogP contribution in [0.1, 0.15) is 45.3 Å². The van der Waals surface area contributed by atoms with Crippen LogP contribution in [0.2, 0.25) is 0 Å². The number of carboxylic acid groups (broad SMARTS) is 1. The highest BCUT2D eigenvalue weighted by atomic mass is 16.5. The van der Waals surface area contributed by atoms with E-state index < -0.39 is 5.97 Å². The van der Waals surface area contributed by atoms with Gasteiger partial charge < -0.3 is 9.84 Å². The molecule has 1 N–H and O–H groups in total. The van der Waals surface area contributed by atoms with E-state index in [4.69, 9.17) is 9.84 Å². The molecular weight excluding hydrogens is 216 g/mol. The fourth-order valence-electron chi connectivity index (χ4n) is 1.52. The number of hydrogen-bond acceptors (Lipinski definition) is 2. The fourth-order valence-corrected chi connectivity index (χ4v) is 1.52. The summed E-state index contributed by atoms with van der Waals surface area (Å²) < 4.78 is 5.90. The zero-order valence-corrected chi connectivity index (χ0v) is 10.6. The van der Waals surface area contributed by atoms with Crippen molar-refractivity contribution in [2.75, 3.05) is 0 Å². The first-order chi connectivity index (χ1) is 7.94. The van der Waals surface area contributed by atoms with E-state index in [0.717, 1.165) is 12.0 Å². The van der Waals surface area contributed by atoms with Gasteiger partial charge in [0.25, 0.3) is 0 Å². The Morgan fingerprint density at radius 2 is 1.94 bits per heavy atom. The maximum Gasteiger partial charge on any atom is 0.306 e. The Kier molecular flexibility index (Phi) is 4.70. The van der Waals surface area contributed by atoms with Gasteiger partial charge in [-0.15, -0.1) is 0 Å². The molecule has 94 valence electrons. The van der Waals surface area contributed by atoms with Crippen molar-refractivity contribution in [3.63, 3.8) is 0 Å². The Morgan fingerprint density at radius 1 is 1.35 bits per heavy atom. The lowest BCUT2D eigenvalue weighted by Crippen LogP contribution is -2.27. The van der Waals surface area contributed by atoms with Gasteiger partial charge in [0.2, 0.25) is 0 Å². The molecule has 0 aliphatic rings. The average molecular weight is 236 g/mol. The lowest BCUT2D eigenvalue weighted by Gasteiger charge is -2.29. The van der Waals surface area contributed by atoms with E-state index in [-0.39, 0.29) is 18.1 Å². The molecule has 17 heavy (non-hydrogen) atoms. The fraction of sp³-hybridized carbons (Fsp3) is 0.500. The van der Waals surface area contributed by atoms with Crippen LogP contribution >= 0.6 is 0 Å². The van der Waals surface area contributed by atoms with Crippen LogP contribution in [0.15, 0.2) is 30.3 Å². The van der Waals surface area contributed by atoms with Gasteiger partial charge in [0.1, 0.15) is 0 Å². The van der Waals surface area contributed by atoms with Gasteiger partial charge in [0.15, 0.2) is 0 Å². The highest BCUT2D eigenvalue weighted by Gasteiger charge is 2.24. The molecule has 0 heterocycles. The molecule has 1 rings (SSSR count). The third-order valence-electron chi connectivity index (χ3n) is 2.84. The summed E-state index contributed by atoms with van der Waals surface area (Å²) in [6.07, 6.45) is 0.451. The first-order valence-electron chi connectivity index (χ1n) is 5.89. The van der Waals surface area contributed by atoms with Gasteiger partial charge in [-0.1, -0.05) is 37.3 Å². The van der Waals surface area contributed by atoms with Gasteiger partial charge in [-0.2, -0.15) is 0 Å².